The number of hydrogen-bond donors (Lipinski definition) is 2. The molecule has 1 aromatic carbocycles. The van der Waals surface area contributed by atoms with E-state index in [1.807, 2.05) is 18.2 Å². The van der Waals surface area contributed by atoms with Crippen LogP contribution in [0.2, 0.25) is 0 Å². The van der Waals surface area contributed by atoms with Gasteiger partial charge in [0.25, 0.3) is 0 Å². The van der Waals surface area contributed by atoms with Crippen molar-refractivity contribution in [3.63, 3.8) is 0 Å². The van der Waals surface area contributed by atoms with Crippen LogP contribution in [0.25, 0.3) is 11.3 Å². The summed E-state index contributed by atoms with van der Waals surface area (Å²) in [4.78, 5) is 25.4. The molecule has 0 spiro atoms. The third-order valence-corrected chi connectivity index (χ3v) is 5.15. The van der Waals surface area contributed by atoms with Crippen molar-refractivity contribution in [3.8, 4) is 11.3 Å². The van der Waals surface area contributed by atoms with Gasteiger partial charge in [0.05, 0.1) is 11.6 Å². The summed E-state index contributed by atoms with van der Waals surface area (Å²) in [5.41, 5.74) is 8.66. The molecule has 3 aromatic heterocycles. The van der Waals surface area contributed by atoms with Crippen LogP contribution in [0.15, 0.2) is 79.3 Å². The maximum Gasteiger partial charge on any atom is 0.229 e. The van der Waals surface area contributed by atoms with Crippen molar-refractivity contribution in [1.82, 2.24) is 15.0 Å². The molecule has 3 N–H and O–H groups in total. The summed E-state index contributed by atoms with van der Waals surface area (Å²) in [6, 6.07) is 16.1. The minimum atomic E-state index is -0.964. The lowest BCUT2D eigenvalue weighted by molar-refractivity contribution is -0.118. The molecule has 166 valence electrons. The lowest BCUT2D eigenvalue weighted by atomic mass is 9.91. The molecule has 0 saturated heterocycles. The first-order valence-electron chi connectivity index (χ1n) is 10.3. The monoisotopic (exact) mass is 445 g/mol. The Kier molecular flexibility index (Phi) is 6.64. The Balaban J connectivity index is 1.72. The summed E-state index contributed by atoms with van der Waals surface area (Å²) in [6.07, 6.45) is 5.52. The number of halogens is 2. The number of pyridine rings is 3. The van der Waals surface area contributed by atoms with Crippen molar-refractivity contribution in [1.29, 1.82) is 0 Å². The Morgan fingerprint density at radius 3 is 2.58 bits per heavy atom. The number of primary amides is 1. The first kappa shape index (κ1) is 22.0. The zero-order valence-electron chi connectivity index (χ0n) is 17.6. The fourth-order valence-corrected chi connectivity index (χ4v) is 3.56. The average molecular weight is 445 g/mol. The van der Waals surface area contributed by atoms with Crippen molar-refractivity contribution in [3.05, 3.63) is 108 Å². The van der Waals surface area contributed by atoms with Crippen LogP contribution in [-0.2, 0) is 11.2 Å². The highest BCUT2D eigenvalue weighted by Gasteiger charge is 2.25. The molecule has 1 unspecified atom stereocenters. The van der Waals surface area contributed by atoms with E-state index in [0.717, 1.165) is 17.8 Å². The van der Waals surface area contributed by atoms with Gasteiger partial charge < -0.3 is 11.1 Å². The Bertz CT molecular complexity index is 1250. The predicted molar refractivity (Wildman–Crippen MR) is 121 cm³/mol. The number of carbonyl (C=O) groups is 1. The van der Waals surface area contributed by atoms with Crippen molar-refractivity contribution in [2.45, 2.75) is 12.3 Å². The number of hydrogen-bond acceptors (Lipinski definition) is 5. The molecule has 0 aliphatic heterocycles. The van der Waals surface area contributed by atoms with Gasteiger partial charge in [-0.2, -0.15) is 0 Å². The minimum Gasteiger partial charge on any atom is -0.369 e. The molecule has 3 heterocycles. The number of anilines is 1. The number of nitrogens with one attached hydrogen (secondary N) is 1. The zero-order valence-corrected chi connectivity index (χ0v) is 17.6. The quantitative estimate of drug-likeness (QED) is 0.426. The van der Waals surface area contributed by atoms with Crippen LogP contribution >= 0.6 is 0 Å². The predicted octanol–water partition coefficient (Wildman–Crippen LogP) is 4.09. The van der Waals surface area contributed by atoms with Crippen molar-refractivity contribution in [2.75, 3.05) is 11.9 Å². The van der Waals surface area contributed by atoms with Crippen LogP contribution < -0.4 is 11.1 Å². The smallest absolute Gasteiger partial charge is 0.229 e. The van der Waals surface area contributed by atoms with Gasteiger partial charge in [-0.1, -0.05) is 18.2 Å². The first-order chi connectivity index (χ1) is 16.0. The molecule has 8 heteroatoms. The van der Waals surface area contributed by atoms with E-state index in [0.29, 0.717) is 41.2 Å². The standard InChI is InChI=1S/C25H21F2N5O/c26-20-8-6-16(14-21(20)27)22-9-7-19(23(24(28)33)17-4-3-11-29-15-17)25(32-22)31-13-10-18-5-1-2-12-30-18/h1-9,11-12,14-15,23H,10,13H2,(H2,28,33)(H,31,32). The molecule has 1 amide bonds. The highest BCUT2D eigenvalue weighted by Crippen LogP contribution is 2.31. The number of nitrogens with two attached hydrogens (primary N) is 1. The van der Waals surface area contributed by atoms with E-state index in [2.05, 4.69) is 20.3 Å². The maximum absolute atomic E-state index is 13.8. The second-order valence-corrected chi connectivity index (χ2v) is 7.38. The Hall–Kier alpha value is -4.20. The van der Waals surface area contributed by atoms with Crippen LogP contribution in [-0.4, -0.2) is 27.4 Å². The van der Waals surface area contributed by atoms with E-state index in [1.165, 1.54) is 6.07 Å². The van der Waals surface area contributed by atoms with Crippen LogP contribution in [0.1, 0.15) is 22.7 Å². The summed E-state index contributed by atoms with van der Waals surface area (Å²) in [6.45, 7) is 0.483. The van der Waals surface area contributed by atoms with E-state index < -0.39 is 23.5 Å². The van der Waals surface area contributed by atoms with Gasteiger partial charge in [-0.3, -0.25) is 14.8 Å². The van der Waals surface area contributed by atoms with Gasteiger partial charge in [-0.25, -0.2) is 13.8 Å². The highest BCUT2D eigenvalue weighted by molar-refractivity contribution is 5.87. The number of aromatic nitrogens is 3. The van der Waals surface area contributed by atoms with Gasteiger partial charge in [0, 0.05) is 48.4 Å². The Morgan fingerprint density at radius 2 is 1.88 bits per heavy atom. The van der Waals surface area contributed by atoms with Crippen LogP contribution in [0.3, 0.4) is 0 Å². The lowest BCUT2D eigenvalue weighted by Crippen LogP contribution is -2.24. The molecule has 0 aliphatic rings. The van der Waals surface area contributed by atoms with Gasteiger partial charge in [0.1, 0.15) is 5.82 Å². The summed E-state index contributed by atoms with van der Waals surface area (Å²) >= 11 is 0. The summed E-state index contributed by atoms with van der Waals surface area (Å²) in [5, 5.41) is 3.26. The van der Waals surface area contributed by atoms with Gasteiger partial charge in [-0.15, -0.1) is 0 Å². The Morgan fingerprint density at radius 1 is 1.00 bits per heavy atom. The van der Waals surface area contributed by atoms with Crippen LogP contribution in [0.5, 0.6) is 0 Å². The molecule has 6 nitrogen and oxygen atoms in total. The molecule has 33 heavy (non-hydrogen) atoms. The molecule has 0 fully saturated rings. The van der Waals surface area contributed by atoms with E-state index in [9.17, 15) is 13.6 Å². The molecule has 1 atom stereocenters. The normalized spacial score (nSPS) is 11.7. The third-order valence-electron chi connectivity index (χ3n) is 5.15. The maximum atomic E-state index is 13.8. The lowest BCUT2D eigenvalue weighted by Gasteiger charge is -2.19. The minimum absolute atomic E-state index is 0.408. The molecule has 0 aliphatic carbocycles. The van der Waals surface area contributed by atoms with Crippen molar-refractivity contribution in [2.24, 2.45) is 5.73 Å². The van der Waals surface area contributed by atoms with E-state index >= 15 is 0 Å². The third kappa shape index (κ3) is 5.17. The van der Waals surface area contributed by atoms with Crippen molar-refractivity contribution >= 4 is 11.7 Å². The van der Waals surface area contributed by atoms with E-state index in [1.54, 1.807) is 42.9 Å². The van der Waals surface area contributed by atoms with E-state index in [-0.39, 0.29) is 0 Å². The second-order valence-electron chi connectivity index (χ2n) is 7.38. The fourth-order valence-electron chi connectivity index (χ4n) is 3.56. The molecule has 4 rings (SSSR count). The van der Waals surface area contributed by atoms with Crippen LogP contribution in [0.4, 0.5) is 14.6 Å². The molecular weight excluding hydrogens is 424 g/mol. The number of amides is 1. The van der Waals surface area contributed by atoms with Gasteiger partial charge >= 0.3 is 0 Å². The highest BCUT2D eigenvalue weighted by atomic mass is 19.2. The topological polar surface area (TPSA) is 93.8 Å². The number of rotatable bonds is 8. The van der Waals surface area contributed by atoms with Gasteiger partial charge in [0.2, 0.25) is 5.91 Å². The summed E-state index contributed by atoms with van der Waals surface area (Å²) < 4.78 is 27.2. The first-order valence-corrected chi connectivity index (χ1v) is 10.3. The average Bonchev–Trinajstić information content (AvgIpc) is 2.83. The molecule has 0 radical (unpaired) electrons. The molecule has 0 bridgehead atoms. The largest absolute Gasteiger partial charge is 0.369 e. The van der Waals surface area contributed by atoms with Crippen molar-refractivity contribution < 1.29 is 13.6 Å². The number of carbonyl (C=O) groups excluding carboxylic acids is 1. The second kappa shape index (κ2) is 9.95. The fraction of sp³-hybridized carbons (Fsp3) is 0.120. The molecule has 0 saturated carbocycles. The van der Waals surface area contributed by atoms with Crippen LogP contribution in [0, 0.1) is 11.6 Å². The van der Waals surface area contributed by atoms with E-state index in [4.69, 9.17) is 5.73 Å². The van der Waals surface area contributed by atoms with Gasteiger partial charge in [-0.05, 0) is 48.0 Å². The number of benzene rings is 1. The SMILES string of the molecule is NC(=O)C(c1cccnc1)c1ccc(-c2ccc(F)c(F)c2)nc1NCCc1ccccn1. The Labute approximate surface area is 189 Å². The molecular formula is C25H21F2N5O. The molecule has 4 aromatic rings. The number of nitrogens with zero attached hydrogens (tertiary/aromatic N) is 3. The van der Waals surface area contributed by atoms with Gasteiger partial charge in [0.15, 0.2) is 11.6 Å². The zero-order chi connectivity index (χ0) is 23.2. The summed E-state index contributed by atoms with van der Waals surface area (Å²) in [7, 11) is 0. The summed E-state index contributed by atoms with van der Waals surface area (Å²) in [5.74, 6) is -2.83.